The third-order valence-electron chi connectivity index (χ3n) is 7.86. The summed E-state index contributed by atoms with van der Waals surface area (Å²) >= 11 is 0. The van der Waals surface area contributed by atoms with Gasteiger partial charge >= 0.3 is 31.2 Å². The number of methoxy groups -OCH3 is 2. The number of carbonyl (C=O) groups is 4. The normalized spacial score (nSPS) is 16.1. The van der Waals surface area contributed by atoms with Crippen molar-refractivity contribution in [3.8, 4) is 0 Å². The van der Waals surface area contributed by atoms with Gasteiger partial charge < -0.3 is 38.9 Å². The van der Waals surface area contributed by atoms with E-state index in [2.05, 4.69) is 10.6 Å². The highest BCUT2D eigenvalue weighted by Crippen LogP contribution is 2.36. The fourth-order valence-electron chi connectivity index (χ4n) is 4.56. The quantitative estimate of drug-likeness (QED) is 0.204. The Kier molecular flexibility index (Phi) is 14.5. The van der Waals surface area contributed by atoms with Crippen LogP contribution < -0.4 is 16.1 Å². The summed E-state index contributed by atoms with van der Waals surface area (Å²) in [7, 11) is 2.12. The van der Waals surface area contributed by atoms with E-state index in [1.165, 1.54) is 14.2 Å². The maximum atomic E-state index is 12.1. The fourth-order valence-corrected chi connectivity index (χ4v) is 4.56. The molecule has 0 saturated carbocycles. The second-order valence-corrected chi connectivity index (χ2v) is 15.2. The molecule has 0 spiro atoms. The van der Waals surface area contributed by atoms with Crippen LogP contribution in [0.25, 0.3) is 0 Å². The Morgan fingerprint density at radius 3 is 1.32 bits per heavy atom. The number of ether oxygens (including phenoxy) is 4. The van der Waals surface area contributed by atoms with Crippen LogP contribution in [0, 0.1) is 6.92 Å². The van der Waals surface area contributed by atoms with Crippen LogP contribution in [0.2, 0.25) is 0 Å². The zero-order valence-electron chi connectivity index (χ0n) is 31.8. The van der Waals surface area contributed by atoms with Crippen molar-refractivity contribution in [3.05, 3.63) is 65.2 Å². The van der Waals surface area contributed by atoms with Crippen molar-refractivity contribution < 1.29 is 47.4 Å². The van der Waals surface area contributed by atoms with Gasteiger partial charge in [-0.3, -0.25) is 0 Å². The van der Waals surface area contributed by atoms with Crippen LogP contribution in [0.4, 0.5) is 9.59 Å². The minimum Gasteiger partial charge on any atom is -0.467 e. The van der Waals surface area contributed by atoms with Crippen molar-refractivity contribution in [3.63, 3.8) is 0 Å². The average Bonchev–Trinajstić information content (AvgIpc) is 3.21. The molecule has 1 heterocycles. The largest absolute Gasteiger partial charge is 0.494 e. The highest BCUT2D eigenvalue weighted by Gasteiger charge is 2.51. The summed E-state index contributed by atoms with van der Waals surface area (Å²) in [5.41, 5.74) is 1.72. The van der Waals surface area contributed by atoms with Crippen LogP contribution in [-0.2, 0) is 50.7 Å². The summed E-state index contributed by atoms with van der Waals surface area (Å²) in [5, 5.41) is 5.13. The van der Waals surface area contributed by atoms with E-state index in [4.69, 9.17) is 28.3 Å². The first-order valence-electron chi connectivity index (χ1n) is 16.6. The van der Waals surface area contributed by atoms with Gasteiger partial charge in [0.05, 0.1) is 25.4 Å². The van der Waals surface area contributed by atoms with Crippen molar-refractivity contribution >= 4 is 36.7 Å². The molecule has 0 aromatic heterocycles. The Morgan fingerprint density at radius 2 is 1.00 bits per heavy atom. The fraction of sp³-hybridized carbons (Fsp3) is 0.568. The third kappa shape index (κ3) is 13.7. The number of alkyl carbamates (subject to hydrolysis) is 2. The van der Waals surface area contributed by atoms with E-state index in [1.54, 1.807) is 41.5 Å². The number of aryl methyl sites for hydroxylation is 1. The van der Waals surface area contributed by atoms with Gasteiger partial charge in [-0.2, -0.15) is 0 Å². The minimum absolute atomic E-state index is 0.273. The van der Waals surface area contributed by atoms with Gasteiger partial charge in [-0.1, -0.05) is 54.1 Å². The molecule has 0 unspecified atom stereocenters. The van der Waals surface area contributed by atoms with Crippen LogP contribution in [0.3, 0.4) is 0 Å². The average molecular weight is 699 g/mol. The predicted molar refractivity (Wildman–Crippen MR) is 191 cm³/mol. The molecule has 2 atom stereocenters. The molecule has 0 aliphatic carbocycles. The topological polar surface area (TPSA) is 148 Å². The molecule has 50 heavy (non-hydrogen) atoms. The molecule has 2 aromatic carbocycles. The molecule has 1 aliphatic heterocycles. The summed E-state index contributed by atoms with van der Waals surface area (Å²) in [6, 6.07) is 13.7. The third-order valence-corrected chi connectivity index (χ3v) is 7.86. The van der Waals surface area contributed by atoms with Crippen LogP contribution in [0.15, 0.2) is 48.5 Å². The lowest BCUT2D eigenvalue weighted by molar-refractivity contribution is -0.143. The summed E-state index contributed by atoms with van der Waals surface area (Å²) in [4.78, 5) is 47.7. The number of hydrogen-bond donors (Lipinski definition) is 2. The monoisotopic (exact) mass is 698 g/mol. The maximum absolute atomic E-state index is 12.1. The van der Waals surface area contributed by atoms with Gasteiger partial charge in [-0.25, -0.2) is 19.2 Å². The highest BCUT2D eigenvalue weighted by atomic mass is 16.7. The smallest absolute Gasteiger partial charge is 0.467 e. The Labute approximate surface area is 297 Å². The van der Waals surface area contributed by atoms with Gasteiger partial charge in [0.25, 0.3) is 0 Å². The first kappa shape index (κ1) is 42.1. The molecule has 13 heteroatoms. The molecule has 3 rings (SSSR count). The highest BCUT2D eigenvalue weighted by molar-refractivity contribution is 6.62. The van der Waals surface area contributed by atoms with E-state index in [-0.39, 0.29) is 6.42 Å². The Hall–Kier alpha value is -4.10. The Morgan fingerprint density at radius 1 is 0.660 bits per heavy atom. The number of benzene rings is 2. The van der Waals surface area contributed by atoms with Gasteiger partial charge in [0.2, 0.25) is 0 Å². The Bertz CT molecular complexity index is 1430. The molecule has 2 aromatic rings. The SMILES string of the molecule is COC(=O)[C@H](Cc1ccc(B2OC(C)(C)C(C)(C)O2)cc1)NC(=O)OC(C)(C)C.COC(=O)[C@H](Cc1ccc(C)cc1)NC(=O)OC(C)(C)C. The number of hydrogen-bond acceptors (Lipinski definition) is 10. The van der Waals surface area contributed by atoms with Gasteiger partial charge in [-0.05, 0) is 92.8 Å². The van der Waals surface area contributed by atoms with Crippen molar-refractivity contribution in [1.29, 1.82) is 0 Å². The van der Waals surface area contributed by atoms with Crippen LogP contribution >= 0.6 is 0 Å². The second kappa shape index (κ2) is 17.2. The molecule has 12 nitrogen and oxygen atoms in total. The lowest BCUT2D eigenvalue weighted by atomic mass is 9.78. The zero-order chi connectivity index (χ0) is 38.1. The van der Waals surface area contributed by atoms with Crippen LogP contribution in [0.5, 0.6) is 0 Å². The summed E-state index contributed by atoms with van der Waals surface area (Å²) in [5.74, 6) is -1.03. The molecule has 276 valence electrons. The summed E-state index contributed by atoms with van der Waals surface area (Å²) in [6.07, 6.45) is -0.673. The second-order valence-electron chi connectivity index (χ2n) is 15.2. The van der Waals surface area contributed by atoms with E-state index in [0.717, 1.165) is 22.2 Å². The van der Waals surface area contributed by atoms with E-state index >= 15 is 0 Å². The predicted octanol–water partition coefficient (Wildman–Crippen LogP) is 5.20. The van der Waals surface area contributed by atoms with Gasteiger partial charge in [0, 0.05) is 12.8 Å². The molecular formula is C37H55BN2O10. The number of esters is 2. The number of rotatable bonds is 9. The van der Waals surface area contributed by atoms with Crippen LogP contribution in [-0.4, -0.2) is 80.0 Å². The summed E-state index contributed by atoms with van der Waals surface area (Å²) in [6.45, 7) is 20.6. The molecule has 1 aliphatic rings. The number of nitrogens with one attached hydrogen (secondary N) is 2. The molecule has 0 bridgehead atoms. The van der Waals surface area contributed by atoms with Crippen molar-refractivity contribution in [1.82, 2.24) is 10.6 Å². The van der Waals surface area contributed by atoms with Crippen molar-refractivity contribution in [2.45, 2.75) is 123 Å². The van der Waals surface area contributed by atoms with Crippen molar-refractivity contribution in [2.75, 3.05) is 14.2 Å². The maximum Gasteiger partial charge on any atom is 0.494 e. The number of amides is 2. The first-order chi connectivity index (χ1) is 22.9. The molecule has 1 saturated heterocycles. The van der Waals surface area contributed by atoms with E-state index in [0.29, 0.717) is 6.42 Å². The minimum atomic E-state index is -0.849. The van der Waals surface area contributed by atoms with Gasteiger partial charge in [-0.15, -0.1) is 0 Å². The lowest BCUT2D eigenvalue weighted by Crippen LogP contribution is -2.45. The van der Waals surface area contributed by atoms with Gasteiger partial charge in [0.15, 0.2) is 0 Å². The molecule has 0 radical (unpaired) electrons. The van der Waals surface area contributed by atoms with Crippen molar-refractivity contribution in [2.24, 2.45) is 0 Å². The van der Waals surface area contributed by atoms with Crippen LogP contribution in [0.1, 0.15) is 85.9 Å². The van der Waals surface area contributed by atoms with E-state index in [9.17, 15) is 19.2 Å². The Balaban J connectivity index is 0.000000366. The number of carbonyl (C=O) groups excluding carboxylic acids is 4. The van der Waals surface area contributed by atoms with E-state index < -0.39 is 65.7 Å². The standard InChI is InChI=1S/C21H32BNO6.C16H23NO4/c1-19(2,3)27-18(25)23-16(17(24)26-8)13-14-9-11-15(12-10-14)22-28-20(4,5)21(6,7)29-22;1-11-6-8-12(9-7-11)10-13(14(18)20-5)17-15(19)21-16(2,3)4/h9-12,16H,13H2,1-8H3,(H,23,25);6-9,13H,10H2,1-5H3,(H,17,19)/t16-;13-/m00/s1. The lowest BCUT2D eigenvalue weighted by Gasteiger charge is -2.32. The molecule has 2 amide bonds. The summed E-state index contributed by atoms with van der Waals surface area (Å²) < 4.78 is 32.1. The first-order valence-corrected chi connectivity index (χ1v) is 16.6. The zero-order valence-corrected chi connectivity index (χ0v) is 31.8. The molecular weight excluding hydrogens is 643 g/mol. The molecule has 2 N–H and O–H groups in total. The van der Waals surface area contributed by atoms with E-state index in [1.807, 2.05) is 83.1 Å². The molecule has 1 fully saturated rings. The van der Waals surface area contributed by atoms with Gasteiger partial charge in [0.1, 0.15) is 23.3 Å².